The second kappa shape index (κ2) is 6.49. The topological polar surface area (TPSA) is 77.2 Å². The molecule has 0 aliphatic heterocycles. The van der Waals surface area contributed by atoms with E-state index in [1.807, 2.05) is 0 Å². The molecule has 0 amide bonds. The van der Waals surface area contributed by atoms with Crippen LogP contribution in [0.25, 0.3) is 0 Å². The number of rotatable bonds is 7. The Morgan fingerprint density at radius 1 is 1.62 bits per heavy atom. The second-order valence-electron chi connectivity index (χ2n) is 3.21. The van der Waals surface area contributed by atoms with Gasteiger partial charge in [-0.05, 0) is 6.42 Å². The van der Waals surface area contributed by atoms with E-state index in [0.29, 0.717) is 11.8 Å². The molecule has 0 spiro atoms. The van der Waals surface area contributed by atoms with Gasteiger partial charge in [-0.3, -0.25) is 4.79 Å². The van der Waals surface area contributed by atoms with Crippen LogP contribution in [0.15, 0.2) is 5.16 Å². The quantitative estimate of drug-likeness (QED) is 0.559. The molecule has 0 saturated carbocycles. The van der Waals surface area contributed by atoms with Crippen molar-refractivity contribution < 1.29 is 14.6 Å². The van der Waals surface area contributed by atoms with Gasteiger partial charge in [0, 0.05) is 27.2 Å². The number of ether oxygens (including phenoxy) is 1. The maximum atomic E-state index is 10.4. The standard InChI is InChI=1S/C9H15N3O3S/c1-12-9(16-6-8(13)14)10-7(11-12)4-3-5-15-2/h3-6H2,1-2H3,(H,13,14). The van der Waals surface area contributed by atoms with Crippen LogP contribution >= 0.6 is 11.8 Å². The average Bonchev–Trinajstić information content (AvgIpc) is 2.57. The molecule has 90 valence electrons. The minimum Gasteiger partial charge on any atom is -0.481 e. The minimum absolute atomic E-state index is 0.00401. The van der Waals surface area contributed by atoms with Gasteiger partial charge in [-0.25, -0.2) is 9.67 Å². The fraction of sp³-hybridized carbons (Fsp3) is 0.667. The molecule has 0 bridgehead atoms. The van der Waals surface area contributed by atoms with E-state index in [-0.39, 0.29) is 5.75 Å². The number of aromatic nitrogens is 3. The van der Waals surface area contributed by atoms with E-state index >= 15 is 0 Å². The summed E-state index contributed by atoms with van der Waals surface area (Å²) in [5.41, 5.74) is 0. The lowest BCUT2D eigenvalue weighted by Gasteiger charge is -1.94. The number of aliphatic carboxylic acids is 1. The van der Waals surface area contributed by atoms with Crippen LogP contribution in [0.2, 0.25) is 0 Å². The Hall–Kier alpha value is -1.08. The van der Waals surface area contributed by atoms with Gasteiger partial charge in [-0.15, -0.1) is 0 Å². The van der Waals surface area contributed by atoms with Gasteiger partial charge in [-0.1, -0.05) is 11.8 Å². The number of hydrogen-bond acceptors (Lipinski definition) is 5. The fourth-order valence-electron chi connectivity index (χ4n) is 1.15. The van der Waals surface area contributed by atoms with Gasteiger partial charge in [0.2, 0.25) is 0 Å². The molecule has 1 heterocycles. The summed E-state index contributed by atoms with van der Waals surface area (Å²) < 4.78 is 6.54. The summed E-state index contributed by atoms with van der Waals surface area (Å²) >= 11 is 1.17. The van der Waals surface area contributed by atoms with Gasteiger partial charge in [0.1, 0.15) is 0 Å². The molecule has 1 rings (SSSR count). The number of methoxy groups -OCH3 is 1. The normalized spacial score (nSPS) is 10.6. The monoisotopic (exact) mass is 245 g/mol. The lowest BCUT2D eigenvalue weighted by molar-refractivity contribution is -0.133. The van der Waals surface area contributed by atoms with Crippen LogP contribution in [0.5, 0.6) is 0 Å². The zero-order valence-electron chi connectivity index (χ0n) is 9.34. The summed E-state index contributed by atoms with van der Waals surface area (Å²) in [5.74, 6) is -0.120. The highest BCUT2D eigenvalue weighted by atomic mass is 32.2. The maximum absolute atomic E-state index is 10.4. The molecular formula is C9H15N3O3S. The Morgan fingerprint density at radius 3 is 3.00 bits per heavy atom. The molecule has 0 aromatic carbocycles. The number of thioether (sulfide) groups is 1. The highest BCUT2D eigenvalue weighted by Crippen LogP contribution is 2.14. The first-order valence-electron chi connectivity index (χ1n) is 4.87. The molecule has 0 atom stereocenters. The predicted molar refractivity (Wildman–Crippen MR) is 59.6 cm³/mol. The van der Waals surface area contributed by atoms with Gasteiger partial charge in [0.05, 0.1) is 5.75 Å². The van der Waals surface area contributed by atoms with Gasteiger partial charge in [0.15, 0.2) is 11.0 Å². The van der Waals surface area contributed by atoms with Crippen molar-refractivity contribution in [1.29, 1.82) is 0 Å². The average molecular weight is 245 g/mol. The predicted octanol–water partition coefficient (Wildman–Crippen LogP) is 0.571. The Morgan fingerprint density at radius 2 is 2.38 bits per heavy atom. The van der Waals surface area contributed by atoms with E-state index in [2.05, 4.69) is 10.1 Å². The number of hydrogen-bond donors (Lipinski definition) is 1. The first kappa shape index (κ1) is 13.0. The number of aryl methyl sites for hydroxylation is 2. The summed E-state index contributed by atoms with van der Waals surface area (Å²) in [5, 5.41) is 13.4. The summed E-state index contributed by atoms with van der Waals surface area (Å²) in [6.45, 7) is 0.676. The van der Waals surface area contributed by atoms with Crippen molar-refractivity contribution in [3.8, 4) is 0 Å². The Labute approximate surface area is 98.0 Å². The van der Waals surface area contributed by atoms with Gasteiger partial charge >= 0.3 is 5.97 Å². The zero-order valence-corrected chi connectivity index (χ0v) is 10.2. The van der Waals surface area contributed by atoms with Crippen molar-refractivity contribution in [3.63, 3.8) is 0 Å². The van der Waals surface area contributed by atoms with Gasteiger partial charge in [-0.2, -0.15) is 5.10 Å². The molecule has 0 unspecified atom stereocenters. The largest absolute Gasteiger partial charge is 0.481 e. The SMILES string of the molecule is COCCCc1nc(SCC(=O)O)n(C)n1. The third-order valence-electron chi connectivity index (χ3n) is 1.84. The third kappa shape index (κ3) is 4.19. The van der Waals surface area contributed by atoms with Gasteiger partial charge in [0.25, 0.3) is 0 Å². The summed E-state index contributed by atoms with van der Waals surface area (Å²) in [4.78, 5) is 14.7. The highest BCUT2D eigenvalue weighted by Gasteiger charge is 2.09. The number of nitrogens with zero attached hydrogens (tertiary/aromatic N) is 3. The lowest BCUT2D eigenvalue weighted by Crippen LogP contribution is -2.00. The summed E-state index contributed by atoms with van der Waals surface area (Å²) in [7, 11) is 3.41. The Kier molecular flexibility index (Phi) is 5.27. The molecule has 0 radical (unpaired) electrons. The summed E-state index contributed by atoms with van der Waals surface area (Å²) in [6.07, 6.45) is 1.61. The number of carboxylic acid groups (broad SMARTS) is 1. The maximum Gasteiger partial charge on any atom is 0.313 e. The molecule has 0 fully saturated rings. The Bertz CT molecular complexity index is 354. The van der Waals surface area contributed by atoms with E-state index in [1.54, 1.807) is 18.8 Å². The van der Waals surface area contributed by atoms with Crippen molar-refractivity contribution in [3.05, 3.63) is 5.82 Å². The van der Waals surface area contributed by atoms with E-state index in [9.17, 15) is 4.79 Å². The van der Waals surface area contributed by atoms with Crippen LogP contribution in [0.4, 0.5) is 0 Å². The van der Waals surface area contributed by atoms with Crippen LogP contribution in [0, 0.1) is 0 Å². The highest BCUT2D eigenvalue weighted by molar-refractivity contribution is 7.99. The van der Waals surface area contributed by atoms with Gasteiger partial charge < -0.3 is 9.84 Å². The molecule has 7 heteroatoms. The third-order valence-corrected chi connectivity index (χ3v) is 2.85. The van der Waals surface area contributed by atoms with Crippen LogP contribution in [0.3, 0.4) is 0 Å². The van der Waals surface area contributed by atoms with E-state index < -0.39 is 5.97 Å². The molecule has 16 heavy (non-hydrogen) atoms. The molecule has 1 aromatic rings. The van der Waals surface area contributed by atoms with Crippen molar-refractivity contribution in [2.45, 2.75) is 18.0 Å². The zero-order chi connectivity index (χ0) is 12.0. The van der Waals surface area contributed by atoms with Crippen molar-refractivity contribution in [1.82, 2.24) is 14.8 Å². The van der Waals surface area contributed by atoms with Crippen molar-refractivity contribution >= 4 is 17.7 Å². The molecule has 0 aliphatic rings. The molecule has 6 nitrogen and oxygen atoms in total. The molecule has 0 aliphatic carbocycles. The van der Waals surface area contributed by atoms with Crippen LogP contribution in [0.1, 0.15) is 12.2 Å². The molecule has 0 saturated heterocycles. The number of carboxylic acids is 1. The van der Waals surface area contributed by atoms with E-state index in [1.165, 1.54) is 11.8 Å². The molecule has 1 aromatic heterocycles. The first-order chi connectivity index (χ1) is 7.63. The Balaban J connectivity index is 2.49. The second-order valence-corrected chi connectivity index (χ2v) is 4.16. The van der Waals surface area contributed by atoms with Crippen LogP contribution in [-0.2, 0) is 23.0 Å². The summed E-state index contributed by atoms with van der Waals surface area (Å²) in [6, 6.07) is 0. The number of carbonyl (C=O) groups is 1. The fourth-order valence-corrected chi connectivity index (χ4v) is 1.80. The lowest BCUT2D eigenvalue weighted by atomic mass is 10.3. The smallest absolute Gasteiger partial charge is 0.313 e. The van der Waals surface area contributed by atoms with E-state index in [0.717, 1.165) is 18.7 Å². The minimum atomic E-state index is -0.853. The van der Waals surface area contributed by atoms with Crippen molar-refractivity contribution in [2.75, 3.05) is 19.5 Å². The molecular weight excluding hydrogens is 230 g/mol. The van der Waals surface area contributed by atoms with Crippen molar-refractivity contribution in [2.24, 2.45) is 7.05 Å². The first-order valence-corrected chi connectivity index (χ1v) is 5.85. The van der Waals surface area contributed by atoms with Crippen LogP contribution < -0.4 is 0 Å². The molecule has 1 N–H and O–H groups in total. The van der Waals surface area contributed by atoms with E-state index in [4.69, 9.17) is 9.84 Å². The van der Waals surface area contributed by atoms with Crippen LogP contribution in [-0.4, -0.2) is 45.3 Å².